The molecule has 2 aromatic heterocycles. The number of hydrogen-bond acceptors (Lipinski definition) is 3. The maximum Gasteiger partial charge on any atom is 0.177 e. The van der Waals surface area contributed by atoms with Crippen molar-refractivity contribution in [3.8, 4) is 0 Å². The first-order chi connectivity index (χ1) is 6.65. The summed E-state index contributed by atoms with van der Waals surface area (Å²) < 4.78 is 0. The molecular weight excluding hydrogens is 176 g/mol. The van der Waals surface area contributed by atoms with Gasteiger partial charge in [-0.05, 0) is 32.6 Å². The van der Waals surface area contributed by atoms with Gasteiger partial charge in [0.05, 0.1) is 12.1 Å². The third-order valence-electron chi connectivity index (χ3n) is 1.99. The van der Waals surface area contributed by atoms with Gasteiger partial charge in [-0.25, -0.2) is 9.97 Å². The number of imidazole rings is 1. The van der Waals surface area contributed by atoms with Crippen LogP contribution in [0.2, 0.25) is 0 Å². The summed E-state index contributed by atoms with van der Waals surface area (Å²) in [5.74, 6) is 0.961. The predicted molar refractivity (Wildman–Crippen MR) is 56.0 cm³/mol. The second-order valence-corrected chi connectivity index (χ2v) is 3.81. The Hall–Kier alpha value is -1.42. The molecule has 74 valence electrons. The number of aromatic amines is 1. The van der Waals surface area contributed by atoms with Gasteiger partial charge in [0, 0.05) is 6.20 Å². The summed E-state index contributed by atoms with van der Waals surface area (Å²) in [5.41, 5.74) is 2.96. The first-order valence-corrected chi connectivity index (χ1v) is 4.61. The van der Waals surface area contributed by atoms with E-state index in [1.807, 2.05) is 27.2 Å². The minimum Gasteiger partial charge on any atom is -0.340 e. The van der Waals surface area contributed by atoms with Crippen molar-refractivity contribution in [2.75, 3.05) is 14.1 Å². The van der Waals surface area contributed by atoms with E-state index in [1.165, 1.54) is 0 Å². The van der Waals surface area contributed by atoms with Crippen LogP contribution in [0.4, 0.5) is 0 Å². The Balaban J connectivity index is 2.41. The van der Waals surface area contributed by atoms with E-state index in [0.717, 1.165) is 29.1 Å². The van der Waals surface area contributed by atoms with Crippen LogP contribution in [0.1, 0.15) is 11.4 Å². The minimum atomic E-state index is 0.799. The first kappa shape index (κ1) is 9.15. The van der Waals surface area contributed by atoms with Crippen molar-refractivity contribution >= 4 is 11.2 Å². The molecule has 2 heterocycles. The quantitative estimate of drug-likeness (QED) is 0.777. The van der Waals surface area contributed by atoms with Gasteiger partial charge in [-0.1, -0.05) is 0 Å². The van der Waals surface area contributed by atoms with Crippen molar-refractivity contribution in [1.82, 2.24) is 19.9 Å². The molecule has 4 nitrogen and oxygen atoms in total. The van der Waals surface area contributed by atoms with Crippen molar-refractivity contribution in [2.45, 2.75) is 13.5 Å². The summed E-state index contributed by atoms with van der Waals surface area (Å²) in [7, 11) is 4.04. The normalized spacial score (nSPS) is 11.4. The summed E-state index contributed by atoms with van der Waals surface area (Å²) in [4.78, 5) is 14.0. The van der Waals surface area contributed by atoms with Gasteiger partial charge in [-0.3, -0.25) is 0 Å². The molecule has 0 unspecified atom stereocenters. The summed E-state index contributed by atoms with van der Waals surface area (Å²) in [6.07, 6.45) is 1.84. The molecule has 2 aromatic rings. The molecule has 2 rings (SSSR count). The molecular formula is C10H14N4. The average molecular weight is 190 g/mol. The molecule has 0 amide bonds. The van der Waals surface area contributed by atoms with Crippen LogP contribution in [0.15, 0.2) is 12.3 Å². The highest BCUT2D eigenvalue weighted by Crippen LogP contribution is 2.10. The summed E-state index contributed by atoms with van der Waals surface area (Å²) in [6, 6.07) is 2.06. The lowest BCUT2D eigenvalue weighted by molar-refractivity contribution is 0.392. The van der Waals surface area contributed by atoms with Crippen LogP contribution in [0, 0.1) is 6.92 Å². The van der Waals surface area contributed by atoms with Crippen LogP contribution in [-0.4, -0.2) is 33.9 Å². The van der Waals surface area contributed by atoms with E-state index in [2.05, 4.69) is 25.9 Å². The molecule has 0 fully saturated rings. The fraction of sp³-hybridized carbons (Fsp3) is 0.400. The Morgan fingerprint density at radius 2 is 2.21 bits per heavy atom. The molecule has 1 N–H and O–H groups in total. The standard InChI is InChI=1S/C10H14N4/c1-7-4-8-10(11-5-7)13-9(12-8)6-14(2)3/h4-5H,6H2,1-3H3,(H,11,12,13). The van der Waals surface area contributed by atoms with Crippen molar-refractivity contribution in [3.63, 3.8) is 0 Å². The lowest BCUT2D eigenvalue weighted by Gasteiger charge is -2.04. The second kappa shape index (κ2) is 3.38. The molecule has 4 heteroatoms. The Bertz CT molecular complexity index is 444. The van der Waals surface area contributed by atoms with E-state index >= 15 is 0 Å². The number of nitrogens with one attached hydrogen (secondary N) is 1. The van der Waals surface area contributed by atoms with Crippen LogP contribution in [-0.2, 0) is 6.54 Å². The lowest BCUT2D eigenvalue weighted by atomic mass is 10.3. The maximum atomic E-state index is 4.39. The summed E-state index contributed by atoms with van der Waals surface area (Å²) >= 11 is 0. The summed E-state index contributed by atoms with van der Waals surface area (Å²) in [5, 5.41) is 0. The minimum absolute atomic E-state index is 0.799. The van der Waals surface area contributed by atoms with Crippen molar-refractivity contribution in [3.05, 3.63) is 23.7 Å². The van der Waals surface area contributed by atoms with Crippen LogP contribution < -0.4 is 0 Å². The first-order valence-electron chi connectivity index (χ1n) is 4.61. The molecule has 0 aliphatic rings. The number of hydrogen-bond donors (Lipinski definition) is 1. The van der Waals surface area contributed by atoms with Gasteiger partial charge < -0.3 is 9.88 Å². The van der Waals surface area contributed by atoms with E-state index in [1.54, 1.807) is 0 Å². The SMILES string of the molecule is Cc1cnc2nc(CN(C)C)[nH]c2c1. The number of fused-ring (bicyclic) bond motifs is 1. The van der Waals surface area contributed by atoms with Crippen LogP contribution in [0.5, 0.6) is 0 Å². The number of rotatable bonds is 2. The molecule has 0 bridgehead atoms. The Kier molecular flexibility index (Phi) is 2.21. The topological polar surface area (TPSA) is 44.8 Å². The third-order valence-corrected chi connectivity index (χ3v) is 1.99. The Labute approximate surface area is 83.0 Å². The molecule has 0 aliphatic heterocycles. The molecule has 0 spiro atoms. The van der Waals surface area contributed by atoms with E-state index in [0.29, 0.717) is 0 Å². The molecule has 0 radical (unpaired) electrons. The predicted octanol–water partition coefficient (Wildman–Crippen LogP) is 1.33. The number of aryl methyl sites for hydroxylation is 1. The highest BCUT2D eigenvalue weighted by Gasteiger charge is 2.04. The maximum absolute atomic E-state index is 4.39. The largest absolute Gasteiger partial charge is 0.340 e. The fourth-order valence-electron chi connectivity index (χ4n) is 1.43. The van der Waals surface area contributed by atoms with E-state index in [4.69, 9.17) is 0 Å². The van der Waals surface area contributed by atoms with Gasteiger partial charge in [-0.15, -0.1) is 0 Å². The van der Waals surface area contributed by atoms with Gasteiger partial charge in [0.1, 0.15) is 5.82 Å². The fourth-order valence-corrected chi connectivity index (χ4v) is 1.43. The van der Waals surface area contributed by atoms with Crippen LogP contribution >= 0.6 is 0 Å². The van der Waals surface area contributed by atoms with Crippen LogP contribution in [0.3, 0.4) is 0 Å². The van der Waals surface area contributed by atoms with Gasteiger partial charge in [0.25, 0.3) is 0 Å². The van der Waals surface area contributed by atoms with Crippen molar-refractivity contribution < 1.29 is 0 Å². The monoisotopic (exact) mass is 190 g/mol. The van der Waals surface area contributed by atoms with E-state index < -0.39 is 0 Å². The molecule has 0 saturated heterocycles. The molecule has 0 atom stereocenters. The third kappa shape index (κ3) is 1.75. The Morgan fingerprint density at radius 3 is 2.93 bits per heavy atom. The molecule has 0 saturated carbocycles. The molecule has 0 aromatic carbocycles. The number of H-pyrrole nitrogens is 1. The number of nitrogens with zero attached hydrogens (tertiary/aromatic N) is 3. The zero-order valence-corrected chi connectivity index (χ0v) is 8.70. The average Bonchev–Trinajstić information content (AvgIpc) is 2.44. The number of pyridine rings is 1. The van der Waals surface area contributed by atoms with Crippen molar-refractivity contribution in [1.29, 1.82) is 0 Å². The Morgan fingerprint density at radius 1 is 1.43 bits per heavy atom. The van der Waals surface area contributed by atoms with Gasteiger partial charge in [0.15, 0.2) is 5.65 Å². The summed E-state index contributed by atoms with van der Waals surface area (Å²) in [6.45, 7) is 2.84. The van der Waals surface area contributed by atoms with Crippen molar-refractivity contribution in [2.24, 2.45) is 0 Å². The molecule has 0 aliphatic carbocycles. The van der Waals surface area contributed by atoms with E-state index in [-0.39, 0.29) is 0 Å². The van der Waals surface area contributed by atoms with Gasteiger partial charge in [-0.2, -0.15) is 0 Å². The number of aromatic nitrogens is 3. The van der Waals surface area contributed by atoms with Gasteiger partial charge >= 0.3 is 0 Å². The van der Waals surface area contributed by atoms with Crippen LogP contribution in [0.25, 0.3) is 11.2 Å². The highest BCUT2D eigenvalue weighted by atomic mass is 15.1. The second-order valence-electron chi connectivity index (χ2n) is 3.81. The smallest absolute Gasteiger partial charge is 0.177 e. The van der Waals surface area contributed by atoms with E-state index in [9.17, 15) is 0 Å². The zero-order valence-electron chi connectivity index (χ0n) is 8.70. The lowest BCUT2D eigenvalue weighted by Crippen LogP contribution is -2.11. The zero-order chi connectivity index (χ0) is 10.1. The van der Waals surface area contributed by atoms with Gasteiger partial charge in [0.2, 0.25) is 0 Å². The molecule has 14 heavy (non-hydrogen) atoms. The highest BCUT2D eigenvalue weighted by molar-refractivity contribution is 5.70.